The monoisotopic (exact) mass is 286 g/mol. The van der Waals surface area contributed by atoms with E-state index in [-0.39, 0.29) is 6.42 Å². The Morgan fingerprint density at radius 3 is 2.88 bits per heavy atom. The van der Waals surface area contributed by atoms with E-state index in [9.17, 15) is 4.79 Å². The third kappa shape index (κ3) is 4.23. The van der Waals surface area contributed by atoms with Crippen LogP contribution < -0.4 is 4.74 Å². The van der Waals surface area contributed by atoms with E-state index in [0.29, 0.717) is 17.9 Å². The van der Waals surface area contributed by atoms with Crippen LogP contribution in [0.1, 0.15) is 25.3 Å². The van der Waals surface area contributed by atoms with Crippen LogP contribution >= 0.6 is 15.9 Å². The first-order chi connectivity index (χ1) is 7.63. The van der Waals surface area contributed by atoms with Crippen LogP contribution in [0.25, 0.3) is 0 Å². The highest BCUT2D eigenvalue weighted by molar-refractivity contribution is 9.10. The number of benzene rings is 1. The first-order valence-corrected chi connectivity index (χ1v) is 6.05. The van der Waals surface area contributed by atoms with E-state index in [4.69, 9.17) is 9.84 Å². The second kappa shape index (κ2) is 6.53. The average Bonchev–Trinajstić information content (AvgIpc) is 2.20. The Labute approximate surface area is 104 Å². The van der Waals surface area contributed by atoms with Crippen LogP contribution in [0, 0.1) is 0 Å². The fraction of sp³-hybridized carbons (Fsp3) is 0.417. The van der Waals surface area contributed by atoms with Gasteiger partial charge in [-0.1, -0.05) is 29.3 Å². The molecule has 3 nitrogen and oxygen atoms in total. The lowest BCUT2D eigenvalue weighted by molar-refractivity contribution is -0.136. The summed E-state index contributed by atoms with van der Waals surface area (Å²) in [7, 11) is 0. The molecule has 16 heavy (non-hydrogen) atoms. The highest BCUT2D eigenvalue weighted by Gasteiger charge is 2.08. The third-order valence-corrected chi connectivity index (χ3v) is 2.61. The summed E-state index contributed by atoms with van der Waals surface area (Å²) in [5, 5.41) is 8.78. The van der Waals surface area contributed by atoms with Crippen molar-refractivity contribution in [1.82, 2.24) is 0 Å². The molecule has 0 aliphatic rings. The molecule has 1 N–H and O–H groups in total. The zero-order valence-electron chi connectivity index (χ0n) is 9.20. The van der Waals surface area contributed by atoms with E-state index in [2.05, 4.69) is 22.9 Å². The highest BCUT2D eigenvalue weighted by atomic mass is 79.9. The van der Waals surface area contributed by atoms with E-state index < -0.39 is 5.97 Å². The van der Waals surface area contributed by atoms with Gasteiger partial charge in [-0.05, 0) is 24.6 Å². The molecule has 0 aliphatic heterocycles. The summed E-state index contributed by atoms with van der Waals surface area (Å²) >= 11 is 3.32. The van der Waals surface area contributed by atoms with Crippen LogP contribution in [0.15, 0.2) is 22.7 Å². The van der Waals surface area contributed by atoms with Crippen molar-refractivity contribution in [3.8, 4) is 5.75 Å². The van der Waals surface area contributed by atoms with Gasteiger partial charge in [-0.2, -0.15) is 0 Å². The topological polar surface area (TPSA) is 46.5 Å². The largest absolute Gasteiger partial charge is 0.493 e. The molecule has 1 aromatic rings. The molecule has 1 aromatic carbocycles. The molecular formula is C12H15BrO3. The number of rotatable bonds is 6. The maximum Gasteiger partial charge on any atom is 0.307 e. The molecule has 1 rings (SSSR count). The molecule has 0 bridgehead atoms. The molecule has 0 spiro atoms. The molecule has 0 atom stereocenters. The summed E-state index contributed by atoms with van der Waals surface area (Å²) in [6.07, 6.45) is 2.02. The second-order valence-corrected chi connectivity index (χ2v) is 4.44. The lowest BCUT2D eigenvalue weighted by Gasteiger charge is -2.10. The van der Waals surface area contributed by atoms with Gasteiger partial charge in [0.25, 0.3) is 0 Å². The molecule has 0 amide bonds. The minimum Gasteiger partial charge on any atom is -0.493 e. The molecule has 4 heteroatoms. The number of carboxylic acids is 1. The van der Waals surface area contributed by atoms with Crippen LogP contribution in [0.4, 0.5) is 0 Å². The van der Waals surface area contributed by atoms with Gasteiger partial charge in [0.15, 0.2) is 0 Å². The standard InChI is InChI=1S/C12H15BrO3/c1-2-3-6-16-11-5-4-10(13)7-9(11)8-12(14)15/h4-5,7H,2-3,6,8H2,1H3,(H,14,15). The van der Waals surface area contributed by atoms with Gasteiger partial charge < -0.3 is 9.84 Å². The Morgan fingerprint density at radius 1 is 1.50 bits per heavy atom. The average molecular weight is 287 g/mol. The molecule has 0 saturated heterocycles. The van der Waals surface area contributed by atoms with Gasteiger partial charge >= 0.3 is 5.97 Å². The van der Waals surface area contributed by atoms with Gasteiger partial charge in [0, 0.05) is 10.0 Å². The van der Waals surface area contributed by atoms with E-state index >= 15 is 0 Å². The SMILES string of the molecule is CCCCOc1ccc(Br)cc1CC(=O)O. The minimum atomic E-state index is -0.849. The summed E-state index contributed by atoms with van der Waals surface area (Å²) < 4.78 is 6.42. The highest BCUT2D eigenvalue weighted by Crippen LogP contribution is 2.24. The number of carbonyl (C=O) groups is 1. The van der Waals surface area contributed by atoms with Crippen molar-refractivity contribution < 1.29 is 14.6 Å². The smallest absolute Gasteiger partial charge is 0.307 e. The van der Waals surface area contributed by atoms with Crippen LogP contribution in [0.5, 0.6) is 5.75 Å². The van der Waals surface area contributed by atoms with Gasteiger partial charge in [0.05, 0.1) is 13.0 Å². The molecule has 0 saturated carbocycles. The van der Waals surface area contributed by atoms with Crippen molar-refractivity contribution in [2.45, 2.75) is 26.2 Å². The molecular weight excluding hydrogens is 272 g/mol. The number of halogens is 1. The van der Waals surface area contributed by atoms with Crippen molar-refractivity contribution in [2.75, 3.05) is 6.61 Å². The van der Waals surface area contributed by atoms with Gasteiger partial charge in [-0.15, -0.1) is 0 Å². The number of aliphatic carboxylic acids is 1. The quantitative estimate of drug-likeness (QED) is 0.817. The Hall–Kier alpha value is -1.03. The van der Waals surface area contributed by atoms with Crippen LogP contribution in [0.2, 0.25) is 0 Å². The maximum atomic E-state index is 10.7. The Morgan fingerprint density at radius 2 is 2.25 bits per heavy atom. The summed E-state index contributed by atoms with van der Waals surface area (Å²) in [6, 6.07) is 5.44. The van der Waals surface area contributed by atoms with Crippen molar-refractivity contribution >= 4 is 21.9 Å². The normalized spacial score (nSPS) is 10.1. The first-order valence-electron chi connectivity index (χ1n) is 5.26. The van der Waals surface area contributed by atoms with Crippen molar-refractivity contribution in [2.24, 2.45) is 0 Å². The zero-order chi connectivity index (χ0) is 12.0. The summed E-state index contributed by atoms with van der Waals surface area (Å²) in [5.74, 6) is -0.183. The fourth-order valence-electron chi connectivity index (χ4n) is 1.32. The minimum absolute atomic E-state index is 0.0130. The van der Waals surface area contributed by atoms with E-state index in [1.165, 1.54) is 0 Å². The maximum absolute atomic E-state index is 10.7. The van der Waals surface area contributed by atoms with Gasteiger partial charge in [-0.3, -0.25) is 4.79 Å². The van der Waals surface area contributed by atoms with E-state index in [1.807, 2.05) is 6.07 Å². The number of ether oxygens (including phenoxy) is 1. The predicted octanol–water partition coefficient (Wildman–Crippen LogP) is 3.26. The lowest BCUT2D eigenvalue weighted by atomic mass is 10.1. The van der Waals surface area contributed by atoms with Gasteiger partial charge in [0.1, 0.15) is 5.75 Å². The molecule has 88 valence electrons. The fourth-order valence-corrected chi connectivity index (χ4v) is 1.72. The lowest BCUT2D eigenvalue weighted by Crippen LogP contribution is -2.05. The number of carboxylic acid groups (broad SMARTS) is 1. The zero-order valence-corrected chi connectivity index (χ0v) is 10.8. The van der Waals surface area contributed by atoms with Crippen molar-refractivity contribution in [3.05, 3.63) is 28.2 Å². The Kier molecular flexibility index (Phi) is 5.32. The molecule has 0 fully saturated rings. The molecule has 0 radical (unpaired) electrons. The van der Waals surface area contributed by atoms with Crippen LogP contribution in [-0.2, 0) is 11.2 Å². The predicted molar refractivity (Wildman–Crippen MR) is 65.9 cm³/mol. The van der Waals surface area contributed by atoms with Gasteiger partial charge in [0.2, 0.25) is 0 Å². The number of hydrogen-bond donors (Lipinski definition) is 1. The Balaban J connectivity index is 2.76. The molecule has 0 aliphatic carbocycles. The summed E-state index contributed by atoms with van der Waals surface area (Å²) in [4.78, 5) is 10.7. The summed E-state index contributed by atoms with van der Waals surface area (Å²) in [6.45, 7) is 2.72. The van der Waals surface area contributed by atoms with Gasteiger partial charge in [-0.25, -0.2) is 0 Å². The molecule has 0 unspecified atom stereocenters. The van der Waals surface area contributed by atoms with Crippen molar-refractivity contribution in [3.63, 3.8) is 0 Å². The van der Waals surface area contributed by atoms with Crippen molar-refractivity contribution in [1.29, 1.82) is 0 Å². The van der Waals surface area contributed by atoms with Crippen LogP contribution in [0.3, 0.4) is 0 Å². The summed E-state index contributed by atoms with van der Waals surface area (Å²) in [5.41, 5.74) is 0.706. The first kappa shape index (κ1) is 13.0. The number of unbranched alkanes of at least 4 members (excludes halogenated alkanes) is 1. The molecule has 0 aromatic heterocycles. The number of hydrogen-bond acceptors (Lipinski definition) is 2. The van der Waals surface area contributed by atoms with E-state index in [1.54, 1.807) is 12.1 Å². The third-order valence-electron chi connectivity index (χ3n) is 2.12. The molecule has 0 heterocycles. The van der Waals surface area contributed by atoms with E-state index in [0.717, 1.165) is 17.3 Å². The Bertz CT molecular complexity index is 363. The second-order valence-electron chi connectivity index (χ2n) is 3.52. The van der Waals surface area contributed by atoms with Crippen LogP contribution in [-0.4, -0.2) is 17.7 Å².